The lowest BCUT2D eigenvalue weighted by molar-refractivity contribution is -0.119. The second kappa shape index (κ2) is 9.88. The minimum Gasteiger partial charge on any atom is -0.349 e. The van der Waals surface area contributed by atoms with Crippen LogP contribution in [0.1, 0.15) is 24.4 Å². The van der Waals surface area contributed by atoms with Gasteiger partial charge in [-0.1, -0.05) is 60.3 Å². The fourth-order valence-corrected chi connectivity index (χ4v) is 3.47. The molecule has 1 aromatic heterocycles. The number of aromatic nitrogens is 3. The molecule has 0 unspecified atom stereocenters. The topological polar surface area (TPSA) is 88.9 Å². The van der Waals surface area contributed by atoms with Gasteiger partial charge in [-0.3, -0.25) is 9.59 Å². The molecule has 2 aromatic carbocycles. The van der Waals surface area contributed by atoms with Gasteiger partial charge in [0, 0.05) is 12.7 Å². The molecule has 3 aromatic rings. The number of carbonyl (C=O) groups is 2. The summed E-state index contributed by atoms with van der Waals surface area (Å²) < 4.78 is 1.74. The highest BCUT2D eigenvalue weighted by atomic mass is 32.2. The van der Waals surface area contributed by atoms with Gasteiger partial charge in [0.05, 0.1) is 18.2 Å². The third kappa shape index (κ3) is 5.92. The molecule has 0 aliphatic rings. The number of hydrogen-bond donors (Lipinski definition) is 2. The quantitative estimate of drug-likeness (QED) is 0.559. The summed E-state index contributed by atoms with van der Waals surface area (Å²) >= 11 is 1.29. The smallest absolute Gasteiger partial charge is 0.232 e. The Labute approximate surface area is 173 Å². The zero-order chi connectivity index (χ0) is 20.6. The zero-order valence-electron chi connectivity index (χ0n) is 16.3. The summed E-state index contributed by atoms with van der Waals surface area (Å²) in [7, 11) is 1.79. The summed E-state index contributed by atoms with van der Waals surface area (Å²) in [4.78, 5) is 24.4. The lowest BCUT2D eigenvalue weighted by Crippen LogP contribution is -2.28. The van der Waals surface area contributed by atoms with Crippen LogP contribution in [-0.2, 0) is 23.1 Å². The van der Waals surface area contributed by atoms with Crippen molar-refractivity contribution in [1.82, 2.24) is 20.1 Å². The lowest BCUT2D eigenvalue weighted by Gasteiger charge is -2.14. The zero-order valence-corrected chi connectivity index (χ0v) is 17.1. The molecule has 0 spiro atoms. The average Bonchev–Trinajstić information content (AvgIpc) is 3.07. The van der Waals surface area contributed by atoms with Crippen LogP contribution in [0.25, 0.3) is 0 Å². The van der Waals surface area contributed by atoms with Crippen LogP contribution < -0.4 is 10.6 Å². The fraction of sp³-hybridized carbons (Fsp3) is 0.238. The molecule has 3 rings (SSSR count). The Balaban J connectivity index is 1.50. The molecule has 0 saturated heterocycles. The van der Waals surface area contributed by atoms with Crippen LogP contribution in [0.15, 0.2) is 65.8 Å². The lowest BCUT2D eigenvalue weighted by atomic mass is 10.1. The first-order valence-electron chi connectivity index (χ1n) is 9.23. The maximum Gasteiger partial charge on any atom is 0.232 e. The highest BCUT2D eigenvalue weighted by Crippen LogP contribution is 2.17. The molecule has 150 valence electrons. The van der Waals surface area contributed by atoms with E-state index >= 15 is 0 Å². The molecular formula is C21H23N5O2S. The maximum absolute atomic E-state index is 12.2. The molecule has 7 nitrogen and oxygen atoms in total. The molecule has 1 atom stereocenters. The number of rotatable bonds is 8. The first kappa shape index (κ1) is 20.6. The largest absolute Gasteiger partial charge is 0.349 e. The molecule has 0 bridgehead atoms. The van der Waals surface area contributed by atoms with Crippen molar-refractivity contribution in [2.24, 2.45) is 7.05 Å². The highest BCUT2D eigenvalue weighted by Gasteiger charge is 2.15. The van der Waals surface area contributed by atoms with Gasteiger partial charge >= 0.3 is 0 Å². The summed E-state index contributed by atoms with van der Waals surface area (Å²) in [6.07, 6.45) is 0.107. The van der Waals surface area contributed by atoms with Gasteiger partial charge in [0.15, 0.2) is 5.16 Å². The van der Waals surface area contributed by atoms with E-state index < -0.39 is 0 Å². The predicted octanol–water partition coefficient (Wildman–Crippen LogP) is 2.97. The van der Waals surface area contributed by atoms with Gasteiger partial charge in [-0.15, -0.1) is 10.2 Å². The molecule has 2 N–H and O–H groups in total. The van der Waals surface area contributed by atoms with E-state index in [0.29, 0.717) is 11.0 Å². The summed E-state index contributed by atoms with van der Waals surface area (Å²) in [5.41, 5.74) is 1.79. The van der Waals surface area contributed by atoms with E-state index in [1.54, 1.807) is 11.6 Å². The van der Waals surface area contributed by atoms with Crippen molar-refractivity contribution in [3.8, 4) is 0 Å². The number of hydrogen-bond acceptors (Lipinski definition) is 5. The van der Waals surface area contributed by atoms with Crippen LogP contribution in [-0.4, -0.2) is 32.3 Å². The van der Waals surface area contributed by atoms with Gasteiger partial charge in [-0.25, -0.2) is 0 Å². The molecule has 29 heavy (non-hydrogen) atoms. The average molecular weight is 410 g/mol. The van der Waals surface area contributed by atoms with Crippen LogP contribution in [0.3, 0.4) is 0 Å². The normalized spacial score (nSPS) is 11.7. The molecule has 0 saturated carbocycles. The van der Waals surface area contributed by atoms with E-state index in [-0.39, 0.29) is 30.0 Å². The highest BCUT2D eigenvalue weighted by molar-refractivity contribution is 7.99. The Morgan fingerprint density at radius 2 is 1.66 bits per heavy atom. The van der Waals surface area contributed by atoms with Crippen LogP contribution in [0.4, 0.5) is 5.69 Å². The van der Waals surface area contributed by atoms with Gasteiger partial charge < -0.3 is 15.2 Å². The molecule has 0 fully saturated rings. The number of nitrogens with zero attached hydrogens (tertiary/aromatic N) is 3. The molecular weight excluding hydrogens is 386 g/mol. The summed E-state index contributed by atoms with van der Waals surface area (Å²) in [5, 5.41) is 14.6. The first-order valence-corrected chi connectivity index (χ1v) is 10.2. The van der Waals surface area contributed by atoms with Crippen LogP contribution in [0.2, 0.25) is 0 Å². The second-order valence-electron chi connectivity index (χ2n) is 6.54. The summed E-state index contributed by atoms with van der Waals surface area (Å²) in [5.74, 6) is 0.508. The molecule has 0 radical (unpaired) electrons. The molecule has 1 heterocycles. The van der Waals surface area contributed by atoms with Gasteiger partial charge in [-0.2, -0.15) is 0 Å². The minimum atomic E-state index is -0.169. The van der Waals surface area contributed by atoms with Gasteiger partial charge in [0.2, 0.25) is 11.8 Å². The van der Waals surface area contributed by atoms with E-state index in [1.807, 2.05) is 67.6 Å². The van der Waals surface area contributed by atoms with E-state index in [0.717, 1.165) is 11.3 Å². The van der Waals surface area contributed by atoms with E-state index in [1.165, 1.54) is 11.8 Å². The molecule has 8 heteroatoms. The van der Waals surface area contributed by atoms with Crippen molar-refractivity contribution >= 4 is 29.3 Å². The monoisotopic (exact) mass is 409 g/mol. The number of nitrogens with one attached hydrogen (secondary N) is 2. The van der Waals surface area contributed by atoms with Gasteiger partial charge in [-0.05, 0) is 24.6 Å². The van der Waals surface area contributed by atoms with E-state index in [2.05, 4.69) is 20.8 Å². The Morgan fingerprint density at radius 3 is 2.34 bits per heavy atom. The Kier molecular flexibility index (Phi) is 7.02. The molecule has 0 aliphatic heterocycles. The first-order chi connectivity index (χ1) is 14.0. The van der Waals surface area contributed by atoms with Crippen LogP contribution in [0, 0.1) is 0 Å². The van der Waals surface area contributed by atoms with Crippen molar-refractivity contribution in [1.29, 1.82) is 0 Å². The predicted molar refractivity (Wildman–Crippen MR) is 114 cm³/mol. The second-order valence-corrected chi connectivity index (χ2v) is 7.48. The fourth-order valence-electron chi connectivity index (χ4n) is 2.73. The SMILES string of the molecule is C[C@H](NC(=O)CSc1nnc(CC(=O)Nc2ccccc2)n1C)c1ccccc1. The number of amides is 2. The number of thioether (sulfide) groups is 1. The number of benzene rings is 2. The molecule has 2 amide bonds. The van der Waals surface area contributed by atoms with E-state index in [4.69, 9.17) is 0 Å². The van der Waals surface area contributed by atoms with Gasteiger partial charge in [0.1, 0.15) is 5.82 Å². The standard InChI is InChI=1S/C21H23N5O2S/c1-15(16-9-5-3-6-10-16)22-20(28)14-29-21-25-24-18(26(21)2)13-19(27)23-17-11-7-4-8-12-17/h3-12,15H,13-14H2,1-2H3,(H,22,28)(H,23,27)/t15-/m0/s1. The number of carbonyl (C=O) groups excluding carboxylic acids is 2. The van der Waals surface area contributed by atoms with Gasteiger partial charge in [0.25, 0.3) is 0 Å². The van der Waals surface area contributed by atoms with Crippen molar-refractivity contribution in [3.05, 3.63) is 72.1 Å². The summed E-state index contributed by atoms with van der Waals surface area (Å²) in [6.45, 7) is 1.95. The Bertz CT molecular complexity index is 960. The maximum atomic E-state index is 12.2. The van der Waals surface area contributed by atoms with Crippen molar-refractivity contribution in [2.75, 3.05) is 11.1 Å². The molecule has 0 aliphatic carbocycles. The van der Waals surface area contributed by atoms with Crippen molar-refractivity contribution in [2.45, 2.75) is 24.5 Å². The van der Waals surface area contributed by atoms with E-state index in [9.17, 15) is 9.59 Å². The van der Waals surface area contributed by atoms with Crippen LogP contribution >= 0.6 is 11.8 Å². The van der Waals surface area contributed by atoms with Crippen molar-refractivity contribution < 1.29 is 9.59 Å². The summed E-state index contributed by atoms with van der Waals surface area (Å²) in [6, 6.07) is 19.0. The third-order valence-corrected chi connectivity index (χ3v) is 5.33. The Morgan fingerprint density at radius 1 is 1.00 bits per heavy atom. The van der Waals surface area contributed by atoms with Crippen molar-refractivity contribution in [3.63, 3.8) is 0 Å². The number of anilines is 1. The minimum absolute atomic E-state index is 0.0685. The Hall–Kier alpha value is -3.13. The van der Waals surface area contributed by atoms with Crippen LogP contribution in [0.5, 0.6) is 0 Å². The number of para-hydroxylation sites is 1. The third-order valence-electron chi connectivity index (χ3n) is 4.31.